The maximum absolute atomic E-state index is 11.6. The van der Waals surface area contributed by atoms with E-state index in [4.69, 9.17) is 5.73 Å². The first kappa shape index (κ1) is 13.3. The minimum absolute atomic E-state index is 0. The van der Waals surface area contributed by atoms with E-state index >= 15 is 0 Å². The van der Waals surface area contributed by atoms with Crippen LogP contribution in [0.15, 0.2) is 0 Å². The Labute approximate surface area is 101 Å². The van der Waals surface area contributed by atoms with Crippen molar-refractivity contribution in [3.8, 4) is 0 Å². The Morgan fingerprint density at radius 3 is 2.75 bits per heavy atom. The fraction of sp³-hybridized carbons (Fsp3) is 0.800. The maximum atomic E-state index is 11.6. The van der Waals surface area contributed by atoms with Gasteiger partial charge in [-0.3, -0.25) is 9.59 Å². The summed E-state index contributed by atoms with van der Waals surface area (Å²) in [5.41, 5.74) is 5.28. The van der Waals surface area contributed by atoms with Gasteiger partial charge in [0, 0.05) is 32.0 Å². The minimum atomic E-state index is -0.0482. The van der Waals surface area contributed by atoms with Crippen LogP contribution >= 0.6 is 12.4 Å². The highest BCUT2D eigenvalue weighted by molar-refractivity contribution is 5.85. The van der Waals surface area contributed by atoms with Crippen LogP contribution in [0, 0.1) is 0 Å². The van der Waals surface area contributed by atoms with Crippen LogP contribution < -0.4 is 11.1 Å². The van der Waals surface area contributed by atoms with E-state index in [2.05, 4.69) is 5.32 Å². The molecule has 6 heteroatoms. The molecule has 1 aliphatic carbocycles. The number of rotatable bonds is 4. The van der Waals surface area contributed by atoms with Gasteiger partial charge in [0.05, 0.1) is 6.04 Å². The first-order valence-corrected chi connectivity index (χ1v) is 5.49. The lowest BCUT2D eigenvalue weighted by Crippen LogP contribution is -2.38. The van der Waals surface area contributed by atoms with Crippen LogP contribution in [0.3, 0.4) is 0 Å². The molecule has 0 spiro atoms. The molecule has 1 atom stereocenters. The highest BCUT2D eigenvalue weighted by Crippen LogP contribution is 2.30. The summed E-state index contributed by atoms with van der Waals surface area (Å²) in [7, 11) is 0. The number of nitrogens with one attached hydrogen (secondary N) is 1. The fourth-order valence-corrected chi connectivity index (χ4v) is 2.00. The van der Waals surface area contributed by atoms with Crippen molar-refractivity contribution in [2.75, 3.05) is 13.1 Å². The zero-order valence-electron chi connectivity index (χ0n) is 9.15. The molecular weight excluding hydrogens is 230 g/mol. The molecule has 1 saturated carbocycles. The molecule has 1 saturated heterocycles. The first-order valence-electron chi connectivity index (χ1n) is 5.49. The van der Waals surface area contributed by atoms with Gasteiger partial charge in [-0.1, -0.05) is 0 Å². The van der Waals surface area contributed by atoms with Gasteiger partial charge in [-0.15, -0.1) is 12.4 Å². The Balaban J connectivity index is 0.00000128. The third-order valence-electron chi connectivity index (χ3n) is 2.88. The van der Waals surface area contributed by atoms with Gasteiger partial charge in [0.15, 0.2) is 0 Å². The molecule has 2 rings (SSSR count). The third kappa shape index (κ3) is 3.09. The van der Waals surface area contributed by atoms with Crippen molar-refractivity contribution in [2.45, 2.75) is 37.8 Å². The second-order valence-corrected chi connectivity index (χ2v) is 4.28. The molecule has 5 nitrogen and oxygen atoms in total. The molecule has 16 heavy (non-hydrogen) atoms. The average molecular weight is 248 g/mol. The summed E-state index contributed by atoms with van der Waals surface area (Å²) in [5, 5.41) is 2.84. The van der Waals surface area contributed by atoms with Gasteiger partial charge in [-0.2, -0.15) is 0 Å². The second-order valence-electron chi connectivity index (χ2n) is 4.28. The average Bonchev–Trinajstić information content (AvgIpc) is 2.93. The summed E-state index contributed by atoms with van der Waals surface area (Å²) >= 11 is 0. The van der Waals surface area contributed by atoms with Crippen molar-refractivity contribution in [3.63, 3.8) is 0 Å². The normalized spacial score (nSPS) is 24.2. The number of likely N-dealkylation sites (tertiary alicyclic amines) is 1. The largest absolute Gasteiger partial charge is 0.351 e. The lowest BCUT2D eigenvalue weighted by molar-refractivity contribution is -0.128. The molecule has 3 N–H and O–H groups in total. The molecule has 0 radical (unpaired) electrons. The van der Waals surface area contributed by atoms with Gasteiger partial charge in [-0.25, -0.2) is 0 Å². The van der Waals surface area contributed by atoms with E-state index in [1.54, 1.807) is 0 Å². The van der Waals surface area contributed by atoms with Gasteiger partial charge < -0.3 is 16.0 Å². The van der Waals surface area contributed by atoms with Crippen LogP contribution in [0.1, 0.15) is 25.7 Å². The van der Waals surface area contributed by atoms with E-state index in [1.165, 1.54) is 0 Å². The number of nitrogens with zero attached hydrogens (tertiary/aromatic N) is 1. The van der Waals surface area contributed by atoms with Gasteiger partial charge in [0.1, 0.15) is 0 Å². The van der Waals surface area contributed by atoms with E-state index in [9.17, 15) is 9.59 Å². The van der Waals surface area contributed by atoms with E-state index in [0.29, 0.717) is 32.0 Å². The van der Waals surface area contributed by atoms with E-state index in [1.807, 2.05) is 4.90 Å². The quantitative estimate of drug-likeness (QED) is 0.712. The number of carbonyl (C=O) groups excluding carboxylic acids is 2. The van der Waals surface area contributed by atoms with Crippen LogP contribution in [0.4, 0.5) is 0 Å². The van der Waals surface area contributed by atoms with E-state index < -0.39 is 0 Å². The number of hydrogen-bond donors (Lipinski definition) is 2. The Morgan fingerprint density at radius 2 is 2.19 bits per heavy atom. The summed E-state index contributed by atoms with van der Waals surface area (Å²) in [4.78, 5) is 24.7. The molecule has 0 aromatic heterocycles. The van der Waals surface area contributed by atoms with Crippen molar-refractivity contribution in [2.24, 2.45) is 5.73 Å². The molecule has 0 aromatic rings. The molecule has 2 amide bonds. The van der Waals surface area contributed by atoms with Crippen molar-refractivity contribution in [1.29, 1.82) is 0 Å². The number of carbonyl (C=O) groups is 2. The number of nitrogens with two attached hydrogens (primary N) is 1. The third-order valence-corrected chi connectivity index (χ3v) is 2.88. The predicted octanol–water partition coefficient (Wildman–Crippen LogP) is -0.364. The first-order chi connectivity index (χ1) is 7.20. The lowest BCUT2D eigenvalue weighted by Gasteiger charge is -2.15. The van der Waals surface area contributed by atoms with Crippen LogP contribution in [-0.2, 0) is 9.59 Å². The minimum Gasteiger partial charge on any atom is -0.351 e. The van der Waals surface area contributed by atoms with Gasteiger partial charge in [-0.05, 0) is 12.8 Å². The smallest absolute Gasteiger partial charge is 0.225 e. The maximum Gasteiger partial charge on any atom is 0.225 e. The van der Waals surface area contributed by atoms with Crippen LogP contribution in [0.5, 0.6) is 0 Å². The van der Waals surface area contributed by atoms with Crippen LogP contribution in [-0.4, -0.2) is 41.9 Å². The summed E-state index contributed by atoms with van der Waals surface area (Å²) in [5.74, 6) is 0.128. The SMILES string of the molecule is Cl.NCCC(=O)NC1CC(=O)N(C2CC2)C1. The molecule has 1 aliphatic heterocycles. The van der Waals surface area contributed by atoms with Crippen molar-refractivity contribution in [3.05, 3.63) is 0 Å². The molecule has 92 valence electrons. The summed E-state index contributed by atoms with van der Waals surface area (Å²) in [6.07, 6.45) is 3.03. The zero-order chi connectivity index (χ0) is 10.8. The Hall–Kier alpha value is -0.810. The van der Waals surface area contributed by atoms with Crippen LogP contribution in [0.2, 0.25) is 0 Å². The predicted molar refractivity (Wildman–Crippen MR) is 62.2 cm³/mol. The fourth-order valence-electron chi connectivity index (χ4n) is 2.00. The molecule has 0 bridgehead atoms. The standard InChI is InChI=1S/C10H17N3O2.ClH/c11-4-3-9(14)12-7-5-10(15)13(6-7)8-1-2-8;/h7-8H,1-6,11H2,(H,12,14);1H. The summed E-state index contributed by atoms with van der Waals surface area (Å²) in [6.45, 7) is 1.04. The van der Waals surface area contributed by atoms with Gasteiger partial charge in [0.2, 0.25) is 11.8 Å². The molecule has 1 unspecified atom stereocenters. The number of hydrogen-bond acceptors (Lipinski definition) is 3. The van der Waals surface area contributed by atoms with Crippen molar-refractivity contribution >= 4 is 24.2 Å². The topological polar surface area (TPSA) is 75.4 Å². The van der Waals surface area contributed by atoms with E-state index in [-0.39, 0.29) is 30.3 Å². The molecular formula is C10H18ClN3O2. The number of amides is 2. The molecule has 2 fully saturated rings. The van der Waals surface area contributed by atoms with Gasteiger partial charge >= 0.3 is 0 Å². The Morgan fingerprint density at radius 1 is 1.50 bits per heavy atom. The summed E-state index contributed by atoms with van der Waals surface area (Å²) in [6, 6.07) is 0.450. The monoisotopic (exact) mass is 247 g/mol. The van der Waals surface area contributed by atoms with Crippen LogP contribution in [0.25, 0.3) is 0 Å². The zero-order valence-corrected chi connectivity index (χ0v) is 9.96. The summed E-state index contributed by atoms with van der Waals surface area (Å²) < 4.78 is 0. The van der Waals surface area contributed by atoms with Crippen molar-refractivity contribution < 1.29 is 9.59 Å². The highest BCUT2D eigenvalue weighted by Gasteiger charge is 2.39. The lowest BCUT2D eigenvalue weighted by atomic mass is 10.2. The Kier molecular flexibility index (Phi) is 4.56. The Bertz CT molecular complexity index is 281. The second kappa shape index (κ2) is 5.50. The highest BCUT2D eigenvalue weighted by atomic mass is 35.5. The molecule has 2 aliphatic rings. The molecule has 1 heterocycles. The van der Waals surface area contributed by atoms with Crippen molar-refractivity contribution in [1.82, 2.24) is 10.2 Å². The van der Waals surface area contributed by atoms with E-state index in [0.717, 1.165) is 12.8 Å². The van der Waals surface area contributed by atoms with Gasteiger partial charge in [0.25, 0.3) is 0 Å². The number of halogens is 1. The molecule has 0 aromatic carbocycles.